The summed E-state index contributed by atoms with van der Waals surface area (Å²) in [6.45, 7) is 2.81. The summed E-state index contributed by atoms with van der Waals surface area (Å²) in [4.78, 5) is 3.38. The van der Waals surface area contributed by atoms with Gasteiger partial charge in [-0.1, -0.05) is 6.92 Å². The van der Waals surface area contributed by atoms with E-state index in [1.807, 2.05) is 11.8 Å². The summed E-state index contributed by atoms with van der Waals surface area (Å²) in [5.74, 6) is 0. The Morgan fingerprint density at radius 2 is 1.78 bits per heavy atom. The molecule has 18 heavy (non-hydrogen) atoms. The summed E-state index contributed by atoms with van der Waals surface area (Å²) in [7, 11) is 0. The van der Waals surface area contributed by atoms with Crippen molar-refractivity contribution < 1.29 is 18.3 Å². The second kappa shape index (κ2) is 6.70. The number of rotatable bonds is 5. The second-order valence-electron chi connectivity index (χ2n) is 4.75. The van der Waals surface area contributed by atoms with E-state index in [0.29, 0.717) is 26.2 Å². The van der Waals surface area contributed by atoms with Crippen LogP contribution in [0.5, 0.6) is 0 Å². The molecule has 2 atom stereocenters. The summed E-state index contributed by atoms with van der Waals surface area (Å²) < 4.78 is 36.7. The first-order valence-corrected chi connectivity index (χ1v) is 6.27. The zero-order valence-electron chi connectivity index (χ0n) is 10.7. The van der Waals surface area contributed by atoms with Gasteiger partial charge in [0.25, 0.3) is 0 Å². The van der Waals surface area contributed by atoms with Crippen LogP contribution in [0.3, 0.4) is 0 Å². The molecule has 108 valence electrons. The molecule has 0 radical (unpaired) electrons. The largest absolute Gasteiger partial charge is 0.401 e. The minimum absolute atomic E-state index is 0.0473. The first-order chi connectivity index (χ1) is 8.37. The molecule has 1 heterocycles. The van der Waals surface area contributed by atoms with E-state index in [0.717, 1.165) is 6.42 Å². The van der Waals surface area contributed by atoms with Crippen molar-refractivity contribution in [2.45, 2.75) is 31.6 Å². The van der Waals surface area contributed by atoms with Gasteiger partial charge in [0.1, 0.15) is 0 Å². The normalized spacial score (nSPS) is 23.0. The minimum Gasteiger partial charge on any atom is -0.395 e. The molecule has 1 saturated heterocycles. The Labute approximate surface area is 106 Å². The second-order valence-corrected chi connectivity index (χ2v) is 4.75. The molecule has 0 bridgehead atoms. The van der Waals surface area contributed by atoms with Crippen molar-refractivity contribution in [2.24, 2.45) is 5.73 Å². The van der Waals surface area contributed by atoms with Crippen LogP contribution in [0, 0.1) is 0 Å². The third kappa shape index (κ3) is 4.72. The van der Waals surface area contributed by atoms with Crippen LogP contribution in [0.1, 0.15) is 13.3 Å². The molecule has 1 aliphatic rings. The maximum atomic E-state index is 12.2. The standard InChI is InChI=1S/C11H22F3N3O/c1-2-9(15)10(7-18)17-5-3-16(4-6-17)8-11(12,13)14/h9-10,18H,2-8,15H2,1H3. The van der Waals surface area contributed by atoms with Gasteiger partial charge in [0.15, 0.2) is 0 Å². The highest BCUT2D eigenvalue weighted by atomic mass is 19.4. The van der Waals surface area contributed by atoms with Gasteiger partial charge < -0.3 is 10.8 Å². The van der Waals surface area contributed by atoms with E-state index in [-0.39, 0.29) is 18.7 Å². The van der Waals surface area contributed by atoms with Crippen molar-refractivity contribution in [2.75, 3.05) is 39.3 Å². The van der Waals surface area contributed by atoms with E-state index in [9.17, 15) is 18.3 Å². The van der Waals surface area contributed by atoms with Gasteiger partial charge in [-0.25, -0.2) is 0 Å². The summed E-state index contributed by atoms with van der Waals surface area (Å²) in [6.07, 6.45) is -3.40. The van der Waals surface area contributed by atoms with E-state index in [4.69, 9.17) is 5.73 Å². The summed E-state index contributed by atoms with van der Waals surface area (Å²) in [5, 5.41) is 9.32. The van der Waals surface area contributed by atoms with Crippen molar-refractivity contribution in [1.29, 1.82) is 0 Å². The van der Waals surface area contributed by atoms with Crippen molar-refractivity contribution in [3.05, 3.63) is 0 Å². The Morgan fingerprint density at radius 1 is 1.22 bits per heavy atom. The molecule has 0 aromatic carbocycles. The van der Waals surface area contributed by atoms with Gasteiger partial charge in [-0.3, -0.25) is 9.80 Å². The molecule has 1 fully saturated rings. The zero-order chi connectivity index (χ0) is 13.8. The van der Waals surface area contributed by atoms with E-state index >= 15 is 0 Å². The zero-order valence-corrected chi connectivity index (χ0v) is 10.7. The van der Waals surface area contributed by atoms with Gasteiger partial charge in [-0.05, 0) is 6.42 Å². The van der Waals surface area contributed by atoms with Crippen LogP contribution in [-0.4, -0.2) is 72.5 Å². The predicted octanol–water partition coefficient (Wildman–Crippen LogP) is 0.264. The first-order valence-electron chi connectivity index (χ1n) is 6.27. The SMILES string of the molecule is CCC(N)C(CO)N1CCN(CC(F)(F)F)CC1. The molecule has 0 amide bonds. The number of hydrogen-bond acceptors (Lipinski definition) is 4. The third-order valence-electron chi connectivity index (χ3n) is 3.43. The molecular formula is C11H22F3N3O. The Kier molecular flexibility index (Phi) is 5.84. The van der Waals surface area contributed by atoms with Crippen LogP contribution < -0.4 is 5.73 Å². The number of aliphatic hydroxyl groups excluding tert-OH is 1. The highest BCUT2D eigenvalue weighted by Crippen LogP contribution is 2.18. The lowest BCUT2D eigenvalue weighted by Crippen LogP contribution is -2.57. The molecule has 7 heteroatoms. The fourth-order valence-electron chi connectivity index (χ4n) is 2.30. The molecule has 1 aliphatic heterocycles. The first kappa shape index (κ1) is 15.7. The van der Waals surface area contributed by atoms with Crippen LogP contribution in [0.2, 0.25) is 0 Å². The molecule has 0 aromatic rings. The van der Waals surface area contributed by atoms with Crippen molar-refractivity contribution >= 4 is 0 Å². The Morgan fingerprint density at radius 3 is 2.17 bits per heavy atom. The van der Waals surface area contributed by atoms with Gasteiger partial charge >= 0.3 is 6.18 Å². The number of alkyl halides is 3. The quantitative estimate of drug-likeness (QED) is 0.752. The fraction of sp³-hybridized carbons (Fsp3) is 1.00. The Bertz CT molecular complexity index is 242. The number of halogens is 3. The molecular weight excluding hydrogens is 247 g/mol. The van der Waals surface area contributed by atoms with Gasteiger partial charge in [0, 0.05) is 38.3 Å². The average Bonchev–Trinajstić information content (AvgIpc) is 2.30. The van der Waals surface area contributed by atoms with E-state index in [1.165, 1.54) is 4.90 Å². The minimum atomic E-state index is -4.14. The van der Waals surface area contributed by atoms with Crippen LogP contribution in [-0.2, 0) is 0 Å². The number of aliphatic hydroxyl groups is 1. The molecule has 4 nitrogen and oxygen atoms in total. The van der Waals surface area contributed by atoms with Crippen molar-refractivity contribution in [3.63, 3.8) is 0 Å². The predicted molar refractivity (Wildman–Crippen MR) is 63.2 cm³/mol. The molecule has 0 aliphatic carbocycles. The lowest BCUT2D eigenvalue weighted by molar-refractivity contribution is -0.150. The maximum absolute atomic E-state index is 12.2. The fourth-order valence-corrected chi connectivity index (χ4v) is 2.30. The average molecular weight is 269 g/mol. The van der Waals surface area contributed by atoms with E-state index in [1.54, 1.807) is 0 Å². The van der Waals surface area contributed by atoms with Crippen LogP contribution in [0.4, 0.5) is 13.2 Å². The topological polar surface area (TPSA) is 52.7 Å². The highest BCUT2D eigenvalue weighted by molar-refractivity contribution is 4.85. The van der Waals surface area contributed by atoms with Crippen LogP contribution in [0.25, 0.3) is 0 Å². The molecule has 3 N–H and O–H groups in total. The Hall–Kier alpha value is -0.370. The van der Waals surface area contributed by atoms with Crippen LogP contribution in [0.15, 0.2) is 0 Å². The van der Waals surface area contributed by atoms with Crippen LogP contribution >= 0.6 is 0 Å². The number of hydrogen-bond donors (Lipinski definition) is 2. The smallest absolute Gasteiger partial charge is 0.395 e. The van der Waals surface area contributed by atoms with Gasteiger partial charge in [0.05, 0.1) is 13.2 Å². The number of piperazine rings is 1. The van der Waals surface area contributed by atoms with Gasteiger partial charge in [-0.2, -0.15) is 13.2 Å². The lowest BCUT2D eigenvalue weighted by Gasteiger charge is -2.40. The van der Waals surface area contributed by atoms with Gasteiger partial charge in [0.2, 0.25) is 0 Å². The number of nitrogens with two attached hydrogens (primary N) is 1. The van der Waals surface area contributed by atoms with Crippen molar-refractivity contribution in [3.8, 4) is 0 Å². The Balaban J connectivity index is 2.42. The number of nitrogens with zero attached hydrogens (tertiary/aromatic N) is 2. The summed E-state index contributed by atoms with van der Waals surface area (Å²) >= 11 is 0. The third-order valence-corrected chi connectivity index (χ3v) is 3.43. The highest BCUT2D eigenvalue weighted by Gasteiger charge is 2.33. The van der Waals surface area contributed by atoms with Gasteiger partial charge in [-0.15, -0.1) is 0 Å². The molecule has 0 saturated carbocycles. The van der Waals surface area contributed by atoms with Crippen molar-refractivity contribution in [1.82, 2.24) is 9.80 Å². The monoisotopic (exact) mass is 269 g/mol. The molecule has 0 spiro atoms. The van der Waals surface area contributed by atoms with E-state index in [2.05, 4.69) is 0 Å². The summed E-state index contributed by atoms with van der Waals surface area (Å²) in [5.41, 5.74) is 5.90. The molecule has 2 unspecified atom stereocenters. The molecule has 1 rings (SSSR count). The summed E-state index contributed by atoms with van der Waals surface area (Å²) in [6, 6.07) is -0.285. The molecule has 0 aromatic heterocycles. The maximum Gasteiger partial charge on any atom is 0.401 e. The lowest BCUT2D eigenvalue weighted by atomic mass is 10.0. The van der Waals surface area contributed by atoms with E-state index < -0.39 is 12.7 Å².